The van der Waals surface area contributed by atoms with Crippen molar-refractivity contribution in [2.75, 3.05) is 0 Å². The summed E-state index contributed by atoms with van der Waals surface area (Å²) in [5.74, 6) is 0. The number of hydrogen-bond acceptors (Lipinski definition) is 4. The normalized spacial score (nSPS) is 11.4. The number of para-hydroxylation sites is 2. The molecule has 0 amide bonds. The maximum atomic E-state index is 12.4. The molecule has 2 heterocycles. The van der Waals surface area contributed by atoms with Gasteiger partial charge in [0.2, 0.25) is 5.52 Å². The molecule has 4 rings (SSSR count). The Morgan fingerprint density at radius 3 is 2.85 bits per heavy atom. The second kappa shape index (κ2) is 3.94. The van der Waals surface area contributed by atoms with E-state index < -0.39 is 0 Å². The van der Waals surface area contributed by atoms with Gasteiger partial charge in [-0.2, -0.15) is 9.46 Å². The third-order valence-corrected chi connectivity index (χ3v) is 4.40. The highest BCUT2D eigenvalue weighted by molar-refractivity contribution is 7.21. The van der Waals surface area contributed by atoms with Crippen LogP contribution in [-0.4, -0.2) is 14.9 Å². The van der Waals surface area contributed by atoms with Gasteiger partial charge >= 0.3 is 0 Å². The highest BCUT2D eigenvalue weighted by atomic mass is 32.1. The molecule has 0 unspecified atom stereocenters. The fourth-order valence-electron chi connectivity index (χ4n) is 2.35. The van der Waals surface area contributed by atoms with Crippen molar-refractivity contribution in [1.29, 1.82) is 0 Å². The standard InChI is InChI=1S/C14H9N3O2S/c18-16-8-15-10-5-3-4-9(13(10)16)14-17(19)11-6-1-2-7-12(11)20-14/h1-8,18H. The zero-order valence-corrected chi connectivity index (χ0v) is 11.0. The zero-order valence-electron chi connectivity index (χ0n) is 10.2. The van der Waals surface area contributed by atoms with E-state index in [0.29, 0.717) is 27.1 Å². The minimum absolute atomic E-state index is 0.545. The lowest BCUT2D eigenvalue weighted by Crippen LogP contribution is -2.26. The van der Waals surface area contributed by atoms with Gasteiger partial charge in [0, 0.05) is 6.07 Å². The van der Waals surface area contributed by atoms with Crippen molar-refractivity contribution in [1.82, 2.24) is 9.71 Å². The Bertz CT molecular complexity index is 942. The third-order valence-electron chi connectivity index (χ3n) is 3.26. The average molecular weight is 283 g/mol. The highest BCUT2D eigenvalue weighted by Gasteiger charge is 2.21. The van der Waals surface area contributed by atoms with Crippen LogP contribution in [-0.2, 0) is 0 Å². The lowest BCUT2D eigenvalue weighted by Gasteiger charge is -2.01. The SMILES string of the molecule is [O-][n+]1c(-c2cccc3ncn(O)c23)sc2ccccc21. The van der Waals surface area contributed by atoms with Crippen LogP contribution in [0.1, 0.15) is 0 Å². The van der Waals surface area contributed by atoms with Crippen LogP contribution in [0.4, 0.5) is 0 Å². The molecule has 2 aromatic heterocycles. The summed E-state index contributed by atoms with van der Waals surface area (Å²) in [6, 6.07) is 12.9. The van der Waals surface area contributed by atoms with E-state index in [2.05, 4.69) is 4.98 Å². The molecule has 0 aliphatic carbocycles. The Balaban J connectivity index is 2.11. The molecule has 98 valence electrons. The number of benzene rings is 2. The summed E-state index contributed by atoms with van der Waals surface area (Å²) >= 11 is 1.40. The van der Waals surface area contributed by atoms with Crippen LogP contribution in [0.5, 0.6) is 0 Å². The first-order valence-corrected chi connectivity index (χ1v) is 6.84. The lowest BCUT2D eigenvalue weighted by atomic mass is 10.2. The number of rotatable bonds is 1. The fourth-order valence-corrected chi connectivity index (χ4v) is 3.42. The van der Waals surface area contributed by atoms with Gasteiger partial charge in [-0.25, -0.2) is 4.98 Å². The number of nitrogens with zero attached hydrogens (tertiary/aromatic N) is 3. The second-order valence-corrected chi connectivity index (χ2v) is 5.46. The Morgan fingerprint density at radius 2 is 2.00 bits per heavy atom. The predicted molar refractivity (Wildman–Crippen MR) is 76.7 cm³/mol. The number of thiazole rings is 1. The van der Waals surface area contributed by atoms with Gasteiger partial charge in [0.05, 0.1) is 11.1 Å². The van der Waals surface area contributed by atoms with Crippen LogP contribution in [0.3, 0.4) is 0 Å². The van der Waals surface area contributed by atoms with E-state index in [1.165, 1.54) is 17.7 Å². The van der Waals surface area contributed by atoms with Gasteiger partial charge in [0.1, 0.15) is 16.5 Å². The highest BCUT2D eigenvalue weighted by Crippen LogP contribution is 2.32. The molecule has 20 heavy (non-hydrogen) atoms. The summed E-state index contributed by atoms with van der Waals surface area (Å²) in [6.07, 6.45) is 1.33. The number of fused-ring (bicyclic) bond motifs is 2. The first-order valence-electron chi connectivity index (χ1n) is 6.02. The average Bonchev–Trinajstić information content (AvgIpc) is 3.01. The number of aromatic nitrogens is 3. The molecular weight excluding hydrogens is 274 g/mol. The molecule has 6 heteroatoms. The molecule has 0 saturated carbocycles. The van der Waals surface area contributed by atoms with Crippen molar-refractivity contribution < 1.29 is 9.94 Å². The molecule has 2 aromatic carbocycles. The van der Waals surface area contributed by atoms with Crippen LogP contribution in [0.25, 0.3) is 31.8 Å². The molecule has 4 aromatic rings. The van der Waals surface area contributed by atoms with Crippen LogP contribution in [0, 0.1) is 5.21 Å². The van der Waals surface area contributed by atoms with Crippen LogP contribution in [0.2, 0.25) is 0 Å². The fraction of sp³-hybridized carbons (Fsp3) is 0. The van der Waals surface area contributed by atoms with Crippen molar-refractivity contribution >= 4 is 32.6 Å². The maximum absolute atomic E-state index is 12.4. The van der Waals surface area contributed by atoms with E-state index >= 15 is 0 Å². The van der Waals surface area contributed by atoms with Crippen molar-refractivity contribution in [3.8, 4) is 10.6 Å². The van der Waals surface area contributed by atoms with E-state index in [1.807, 2.05) is 30.3 Å². The Kier molecular flexibility index (Phi) is 2.22. The molecular formula is C14H9N3O2S. The van der Waals surface area contributed by atoms with Crippen LogP contribution < -0.4 is 4.73 Å². The van der Waals surface area contributed by atoms with E-state index in [9.17, 15) is 10.4 Å². The molecule has 0 aliphatic rings. The molecule has 1 N–H and O–H groups in total. The maximum Gasteiger partial charge on any atom is 0.283 e. The van der Waals surface area contributed by atoms with Crippen molar-refractivity contribution in [3.05, 3.63) is 54.0 Å². The van der Waals surface area contributed by atoms with Crippen LogP contribution in [0.15, 0.2) is 48.8 Å². The van der Waals surface area contributed by atoms with E-state index in [-0.39, 0.29) is 0 Å². The summed E-state index contributed by atoms with van der Waals surface area (Å²) in [7, 11) is 0. The first kappa shape index (κ1) is 11.2. The summed E-state index contributed by atoms with van der Waals surface area (Å²) in [5.41, 5.74) is 2.51. The van der Waals surface area contributed by atoms with E-state index in [4.69, 9.17) is 0 Å². The smallest absolute Gasteiger partial charge is 0.283 e. The van der Waals surface area contributed by atoms with Gasteiger partial charge in [0.15, 0.2) is 0 Å². The topological polar surface area (TPSA) is 65.0 Å². The molecule has 0 atom stereocenters. The Labute approximate surface area is 117 Å². The molecule has 0 radical (unpaired) electrons. The zero-order chi connectivity index (χ0) is 13.7. The minimum atomic E-state index is 0.545. The summed E-state index contributed by atoms with van der Waals surface area (Å²) < 4.78 is 2.77. The lowest BCUT2D eigenvalue weighted by molar-refractivity contribution is -0.560. The summed E-state index contributed by atoms with van der Waals surface area (Å²) in [4.78, 5) is 4.09. The monoisotopic (exact) mass is 283 g/mol. The molecule has 0 spiro atoms. The number of imidazole rings is 1. The number of hydrogen-bond donors (Lipinski definition) is 1. The van der Waals surface area contributed by atoms with Gasteiger partial charge in [-0.05, 0) is 18.2 Å². The van der Waals surface area contributed by atoms with Gasteiger partial charge < -0.3 is 10.4 Å². The summed E-state index contributed by atoms with van der Waals surface area (Å²) in [5, 5.41) is 22.8. The molecule has 0 bridgehead atoms. The quantitative estimate of drug-likeness (QED) is 0.332. The van der Waals surface area contributed by atoms with E-state index in [0.717, 1.165) is 14.2 Å². The first-order chi connectivity index (χ1) is 9.75. The van der Waals surface area contributed by atoms with Gasteiger partial charge in [-0.3, -0.25) is 0 Å². The van der Waals surface area contributed by atoms with Gasteiger partial charge in [-0.1, -0.05) is 29.5 Å². The van der Waals surface area contributed by atoms with Crippen molar-refractivity contribution in [3.63, 3.8) is 0 Å². The minimum Gasteiger partial charge on any atom is -0.617 e. The second-order valence-electron chi connectivity index (χ2n) is 4.43. The third kappa shape index (κ3) is 1.42. The van der Waals surface area contributed by atoms with Crippen molar-refractivity contribution in [2.45, 2.75) is 0 Å². The van der Waals surface area contributed by atoms with Gasteiger partial charge in [-0.15, -0.1) is 0 Å². The Morgan fingerprint density at radius 1 is 1.15 bits per heavy atom. The van der Waals surface area contributed by atoms with Crippen molar-refractivity contribution in [2.24, 2.45) is 0 Å². The molecule has 0 fully saturated rings. The predicted octanol–water partition coefficient (Wildman–Crippen LogP) is 2.79. The van der Waals surface area contributed by atoms with E-state index in [1.54, 1.807) is 12.1 Å². The Hall–Kier alpha value is -2.60. The van der Waals surface area contributed by atoms with Gasteiger partial charge in [0.25, 0.3) is 5.01 Å². The molecule has 5 nitrogen and oxygen atoms in total. The molecule has 0 saturated heterocycles. The summed E-state index contributed by atoms with van der Waals surface area (Å²) in [6.45, 7) is 0. The largest absolute Gasteiger partial charge is 0.617 e. The molecule has 0 aliphatic heterocycles. The van der Waals surface area contributed by atoms with Crippen LogP contribution >= 0.6 is 11.3 Å².